The summed E-state index contributed by atoms with van der Waals surface area (Å²) in [5.41, 5.74) is 2.01. The summed E-state index contributed by atoms with van der Waals surface area (Å²) in [6, 6.07) is 10.8. The Kier molecular flexibility index (Phi) is 4.38. The van der Waals surface area contributed by atoms with E-state index in [2.05, 4.69) is 49.7 Å². The van der Waals surface area contributed by atoms with Crippen LogP contribution in [0.1, 0.15) is 31.2 Å². The van der Waals surface area contributed by atoms with Gasteiger partial charge in [0.15, 0.2) is 5.65 Å². The molecule has 3 aromatic rings. The van der Waals surface area contributed by atoms with Crippen LogP contribution in [0.2, 0.25) is 0 Å². The van der Waals surface area contributed by atoms with Gasteiger partial charge in [0.05, 0.1) is 24.3 Å². The molecule has 4 rings (SSSR count). The predicted molar refractivity (Wildman–Crippen MR) is 92.6 cm³/mol. The van der Waals surface area contributed by atoms with E-state index in [-0.39, 0.29) is 0 Å². The zero-order valence-electron chi connectivity index (χ0n) is 13.5. The second-order valence-corrected chi connectivity index (χ2v) is 6.27. The van der Waals surface area contributed by atoms with Gasteiger partial charge >= 0.3 is 0 Å². The van der Waals surface area contributed by atoms with Gasteiger partial charge in [0.2, 0.25) is 0 Å². The maximum Gasteiger partial charge on any atom is 0.160 e. The van der Waals surface area contributed by atoms with Crippen LogP contribution in [0.3, 0.4) is 0 Å². The van der Waals surface area contributed by atoms with Gasteiger partial charge in [0.25, 0.3) is 0 Å². The van der Waals surface area contributed by atoms with Crippen molar-refractivity contribution in [2.24, 2.45) is 0 Å². The number of benzene rings is 1. The van der Waals surface area contributed by atoms with Gasteiger partial charge in [0, 0.05) is 6.04 Å². The number of nitrogens with one attached hydrogen (secondary N) is 2. The minimum atomic E-state index is 0.350. The fourth-order valence-electron chi connectivity index (χ4n) is 3.24. The highest BCUT2D eigenvalue weighted by molar-refractivity contribution is 5.85. The number of hydrogen-bond acceptors (Lipinski definition) is 5. The lowest BCUT2D eigenvalue weighted by Crippen LogP contribution is -2.30. The molecule has 2 N–H and O–H groups in total. The van der Waals surface area contributed by atoms with E-state index in [4.69, 9.17) is 4.74 Å². The topological polar surface area (TPSA) is 75.7 Å². The molecule has 6 nitrogen and oxygen atoms in total. The summed E-state index contributed by atoms with van der Waals surface area (Å²) in [5, 5.41) is 11.4. The van der Waals surface area contributed by atoms with Gasteiger partial charge in [-0.1, -0.05) is 30.3 Å². The van der Waals surface area contributed by atoms with Crippen molar-refractivity contribution in [1.82, 2.24) is 20.2 Å². The van der Waals surface area contributed by atoms with Gasteiger partial charge in [-0.25, -0.2) is 9.97 Å². The van der Waals surface area contributed by atoms with Gasteiger partial charge in [-0.2, -0.15) is 5.10 Å². The van der Waals surface area contributed by atoms with Gasteiger partial charge in [-0.3, -0.25) is 5.10 Å². The number of H-pyrrole nitrogens is 1. The Morgan fingerprint density at radius 1 is 1.08 bits per heavy atom. The van der Waals surface area contributed by atoms with Crippen LogP contribution in [0.15, 0.2) is 42.9 Å². The standard InChI is InChI=1S/C18H21N5O/c1-2-4-13(5-3-1)11-24-15-8-6-14(7-9-15)22-17-16-10-21-23-18(16)20-12-19-17/h1-5,10,12,14-15H,6-9,11H2,(H2,19,20,21,22,23)/t14-,15+. The summed E-state index contributed by atoms with van der Waals surface area (Å²) < 4.78 is 6.06. The Morgan fingerprint density at radius 3 is 2.75 bits per heavy atom. The Hall–Kier alpha value is -2.47. The lowest BCUT2D eigenvalue weighted by Gasteiger charge is -2.29. The van der Waals surface area contributed by atoms with Gasteiger partial charge < -0.3 is 10.1 Å². The van der Waals surface area contributed by atoms with E-state index in [0.29, 0.717) is 18.8 Å². The van der Waals surface area contributed by atoms with E-state index in [1.54, 1.807) is 12.5 Å². The molecule has 2 aromatic heterocycles. The molecule has 6 heteroatoms. The highest BCUT2D eigenvalue weighted by Crippen LogP contribution is 2.26. The van der Waals surface area contributed by atoms with Crippen LogP contribution in [0.25, 0.3) is 11.0 Å². The molecule has 0 saturated heterocycles. The number of fused-ring (bicyclic) bond motifs is 1. The summed E-state index contributed by atoms with van der Waals surface area (Å²) in [6.45, 7) is 0.700. The average Bonchev–Trinajstić information content (AvgIpc) is 3.12. The Balaban J connectivity index is 1.29. The molecule has 0 atom stereocenters. The molecule has 0 spiro atoms. The number of rotatable bonds is 5. The molecule has 0 unspecified atom stereocenters. The van der Waals surface area contributed by atoms with Gasteiger partial charge in [-0.15, -0.1) is 0 Å². The van der Waals surface area contributed by atoms with Crippen molar-refractivity contribution < 1.29 is 4.74 Å². The van der Waals surface area contributed by atoms with Crippen LogP contribution >= 0.6 is 0 Å². The van der Waals surface area contributed by atoms with Crippen LogP contribution < -0.4 is 5.32 Å². The van der Waals surface area contributed by atoms with E-state index in [1.165, 1.54) is 5.56 Å². The molecule has 24 heavy (non-hydrogen) atoms. The first-order valence-electron chi connectivity index (χ1n) is 8.44. The van der Waals surface area contributed by atoms with E-state index in [9.17, 15) is 0 Å². The maximum atomic E-state index is 6.06. The molecule has 1 aliphatic rings. The third kappa shape index (κ3) is 3.38. The maximum absolute atomic E-state index is 6.06. The Bertz CT molecular complexity index is 780. The summed E-state index contributed by atoms with van der Waals surface area (Å²) in [5.74, 6) is 0.863. The first kappa shape index (κ1) is 15.1. The van der Waals surface area contributed by atoms with Crippen molar-refractivity contribution in [3.05, 3.63) is 48.4 Å². The van der Waals surface area contributed by atoms with E-state index in [1.807, 2.05) is 6.07 Å². The SMILES string of the molecule is c1ccc(CO[C@H]2CC[C@@H](Nc3ncnc4[nH]ncc34)CC2)cc1. The fraction of sp³-hybridized carbons (Fsp3) is 0.389. The van der Waals surface area contributed by atoms with E-state index >= 15 is 0 Å². The summed E-state index contributed by atoms with van der Waals surface area (Å²) in [6.07, 6.45) is 8.01. The number of aromatic amines is 1. The van der Waals surface area contributed by atoms with Crippen molar-refractivity contribution in [1.29, 1.82) is 0 Å². The number of hydrogen-bond donors (Lipinski definition) is 2. The normalized spacial score (nSPS) is 21.0. The molecule has 1 saturated carbocycles. The second kappa shape index (κ2) is 6.97. The van der Waals surface area contributed by atoms with Crippen molar-refractivity contribution in [3.8, 4) is 0 Å². The van der Waals surface area contributed by atoms with Crippen molar-refractivity contribution in [2.45, 2.75) is 44.4 Å². The quantitative estimate of drug-likeness (QED) is 0.753. The smallest absolute Gasteiger partial charge is 0.160 e. The molecule has 2 heterocycles. The molecule has 0 aliphatic heterocycles. The van der Waals surface area contributed by atoms with Crippen molar-refractivity contribution in [3.63, 3.8) is 0 Å². The Morgan fingerprint density at radius 2 is 1.92 bits per heavy atom. The number of aromatic nitrogens is 4. The zero-order chi connectivity index (χ0) is 16.2. The zero-order valence-corrected chi connectivity index (χ0v) is 13.5. The summed E-state index contributed by atoms with van der Waals surface area (Å²) in [4.78, 5) is 8.53. The molecule has 0 radical (unpaired) electrons. The molecular weight excluding hydrogens is 302 g/mol. The first-order chi connectivity index (χ1) is 11.9. The first-order valence-corrected chi connectivity index (χ1v) is 8.44. The predicted octanol–water partition coefficient (Wildman–Crippen LogP) is 3.29. The minimum absolute atomic E-state index is 0.350. The van der Waals surface area contributed by atoms with Crippen LogP contribution in [0, 0.1) is 0 Å². The molecular formula is C18H21N5O. The van der Waals surface area contributed by atoms with Crippen LogP contribution in [0.5, 0.6) is 0 Å². The van der Waals surface area contributed by atoms with Crippen LogP contribution in [-0.2, 0) is 11.3 Å². The van der Waals surface area contributed by atoms with Crippen molar-refractivity contribution in [2.75, 3.05) is 5.32 Å². The lowest BCUT2D eigenvalue weighted by atomic mass is 9.93. The fourth-order valence-corrected chi connectivity index (χ4v) is 3.24. The molecule has 1 fully saturated rings. The van der Waals surface area contributed by atoms with Gasteiger partial charge in [0.1, 0.15) is 12.1 Å². The van der Waals surface area contributed by atoms with E-state index in [0.717, 1.165) is 42.5 Å². The van der Waals surface area contributed by atoms with Crippen LogP contribution in [0.4, 0.5) is 5.82 Å². The molecule has 0 bridgehead atoms. The number of nitrogens with zero attached hydrogens (tertiary/aromatic N) is 3. The monoisotopic (exact) mass is 323 g/mol. The Labute approximate surface area is 140 Å². The third-order valence-corrected chi connectivity index (χ3v) is 4.59. The van der Waals surface area contributed by atoms with E-state index < -0.39 is 0 Å². The highest BCUT2D eigenvalue weighted by Gasteiger charge is 2.22. The average molecular weight is 323 g/mol. The molecule has 124 valence electrons. The second-order valence-electron chi connectivity index (χ2n) is 6.27. The molecule has 1 aliphatic carbocycles. The minimum Gasteiger partial charge on any atom is -0.374 e. The van der Waals surface area contributed by atoms with Gasteiger partial charge in [-0.05, 0) is 31.2 Å². The summed E-state index contributed by atoms with van der Waals surface area (Å²) in [7, 11) is 0. The third-order valence-electron chi connectivity index (χ3n) is 4.59. The molecule has 0 amide bonds. The highest BCUT2D eigenvalue weighted by atomic mass is 16.5. The number of anilines is 1. The molecule has 1 aromatic carbocycles. The lowest BCUT2D eigenvalue weighted by molar-refractivity contribution is 0.0150. The van der Waals surface area contributed by atoms with Crippen molar-refractivity contribution >= 4 is 16.9 Å². The van der Waals surface area contributed by atoms with Crippen LogP contribution in [-0.4, -0.2) is 32.3 Å². The summed E-state index contributed by atoms with van der Waals surface area (Å²) >= 11 is 0. The number of ether oxygens (including phenoxy) is 1. The largest absolute Gasteiger partial charge is 0.374 e.